The van der Waals surface area contributed by atoms with Crippen molar-refractivity contribution >= 4 is 34.7 Å². The summed E-state index contributed by atoms with van der Waals surface area (Å²) in [6, 6.07) is 3.60. The third-order valence-corrected chi connectivity index (χ3v) is 1.49. The van der Waals surface area contributed by atoms with Crippen molar-refractivity contribution in [3.05, 3.63) is 24.0 Å². The van der Waals surface area contributed by atoms with E-state index in [-0.39, 0.29) is 0 Å². The molecule has 0 aromatic carbocycles. The second-order valence-electron chi connectivity index (χ2n) is 1.84. The first-order valence-electron chi connectivity index (χ1n) is 2.95. The quantitative estimate of drug-likeness (QED) is 0.401. The number of aromatic nitrogens is 1. The highest BCUT2D eigenvalue weighted by Crippen LogP contribution is 2.09. The van der Waals surface area contributed by atoms with E-state index >= 15 is 0 Å². The Hall–Kier alpha value is -0.760. The van der Waals surface area contributed by atoms with Gasteiger partial charge in [0.1, 0.15) is 0 Å². The number of halogens is 1. The molecule has 0 saturated heterocycles. The molecule has 1 rings (SSSR count). The largest absolute Gasteiger partial charge is 0.258 e. The van der Waals surface area contributed by atoms with Crippen molar-refractivity contribution in [2.45, 2.75) is 5.88 Å². The highest BCUT2D eigenvalue weighted by atomic mass is 35.5. The van der Waals surface area contributed by atoms with Gasteiger partial charge in [0.2, 0.25) is 0 Å². The van der Waals surface area contributed by atoms with E-state index in [1.807, 2.05) is 0 Å². The van der Waals surface area contributed by atoms with Gasteiger partial charge in [-0.2, -0.15) is 4.99 Å². The number of hydrogen-bond acceptors (Lipinski definition) is 3. The van der Waals surface area contributed by atoms with Gasteiger partial charge in [0.25, 0.3) is 0 Å². The van der Waals surface area contributed by atoms with Crippen molar-refractivity contribution in [3.8, 4) is 0 Å². The van der Waals surface area contributed by atoms with Crippen LogP contribution < -0.4 is 0 Å². The van der Waals surface area contributed by atoms with Crippen molar-refractivity contribution in [1.29, 1.82) is 0 Å². The van der Waals surface area contributed by atoms with Crippen LogP contribution in [0.3, 0.4) is 0 Å². The van der Waals surface area contributed by atoms with E-state index in [2.05, 4.69) is 27.4 Å². The van der Waals surface area contributed by atoms with Crippen LogP contribution in [-0.4, -0.2) is 10.1 Å². The Morgan fingerprint density at radius 1 is 1.64 bits per heavy atom. The lowest BCUT2D eigenvalue weighted by molar-refractivity contribution is 1.17. The van der Waals surface area contributed by atoms with E-state index in [0.29, 0.717) is 11.6 Å². The molecule has 0 unspecified atom stereocenters. The average molecular weight is 185 g/mol. The first-order valence-corrected chi connectivity index (χ1v) is 3.90. The Morgan fingerprint density at radius 2 is 2.45 bits per heavy atom. The van der Waals surface area contributed by atoms with E-state index in [4.69, 9.17) is 11.6 Å². The normalized spacial score (nSPS) is 8.82. The summed E-state index contributed by atoms with van der Waals surface area (Å²) in [5.41, 5.74) is 1.53. The molecule has 0 fully saturated rings. The van der Waals surface area contributed by atoms with Gasteiger partial charge in [-0.25, -0.2) is 0 Å². The molecule has 0 aliphatic heterocycles. The van der Waals surface area contributed by atoms with Crippen LogP contribution >= 0.6 is 23.8 Å². The molecule has 0 aliphatic carbocycles. The highest BCUT2D eigenvalue weighted by Gasteiger charge is 1.90. The Morgan fingerprint density at radius 3 is 2.91 bits per heavy atom. The highest BCUT2D eigenvalue weighted by molar-refractivity contribution is 7.78. The number of pyridine rings is 1. The molecule has 11 heavy (non-hydrogen) atoms. The molecule has 0 atom stereocenters. The lowest BCUT2D eigenvalue weighted by Gasteiger charge is -1.92. The fourth-order valence-corrected chi connectivity index (χ4v) is 0.878. The van der Waals surface area contributed by atoms with Gasteiger partial charge < -0.3 is 0 Å². The van der Waals surface area contributed by atoms with Crippen LogP contribution in [0.1, 0.15) is 5.69 Å². The van der Waals surface area contributed by atoms with Gasteiger partial charge in [-0.15, -0.1) is 11.6 Å². The number of alkyl halides is 1. The topological polar surface area (TPSA) is 25.2 Å². The maximum absolute atomic E-state index is 5.53. The molecular weight excluding hydrogens is 180 g/mol. The fourth-order valence-electron chi connectivity index (χ4n) is 0.615. The minimum atomic E-state index is 0.418. The van der Waals surface area contributed by atoms with Gasteiger partial charge in [-0.05, 0) is 24.4 Å². The van der Waals surface area contributed by atoms with Gasteiger partial charge in [0, 0.05) is 0 Å². The zero-order valence-electron chi connectivity index (χ0n) is 5.62. The van der Waals surface area contributed by atoms with Crippen molar-refractivity contribution in [2.24, 2.45) is 4.99 Å². The summed E-state index contributed by atoms with van der Waals surface area (Å²) >= 11 is 9.95. The molecule has 0 aliphatic rings. The van der Waals surface area contributed by atoms with E-state index in [0.717, 1.165) is 5.69 Å². The van der Waals surface area contributed by atoms with Crippen LogP contribution in [-0.2, 0) is 5.88 Å². The molecule has 1 heterocycles. The van der Waals surface area contributed by atoms with Crippen LogP contribution in [0.4, 0.5) is 5.69 Å². The zero-order chi connectivity index (χ0) is 8.10. The second-order valence-corrected chi connectivity index (χ2v) is 2.29. The average Bonchev–Trinajstić information content (AvgIpc) is 2.07. The van der Waals surface area contributed by atoms with Crippen LogP contribution in [0.5, 0.6) is 0 Å². The van der Waals surface area contributed by atoms with E-state index in [1.54, 1.807) is 18.3 Å². The minimum Gasteiger partial charge on any atom is -0.258 e. The van der Waals surface area contributed by atoms with Gasteiger partial charge in [0.15, 0.2) is 0 Å². The summed E-state index contributed by atoms with van der Waals surface area (Å²) in [6.07, 6.45) is 1.61. The molecule has 2 nitrogen and oxygen atoms in total. The minimum absolute atomic E-state index is 0.418. The number of aliphatic imine (C=N–C) groups is 1. The monoisotopic (exact) mass is 184 g/mol. The van der Waals surface area contributed by atoms with Crippen LogP contribution in [0, 0.1) is 0 Å². The van der Waals surface area contributed by atoms with E-state index < -0.39 is 0 Å². The van der Waals surface area contributed by atoms with Crippen LogP contribution in [0.25, 0.3) is 0 Å². The number of nitrogens with zero attached hydrogens (tertiary/aromatic N) is 2. The predicted molar refractivity (Wildman–Crippen MR) is 48.5 cm³/mol. The lowest BCUT2D eigenvalue weighted by atomic mass is 10.3. The molecule has 56 valence electrons. The summed E-state index contributed by atoms with van der Waals surface area (Å²) < 4.78 is 0. The molecule has 0 amide bonds. The first kappa shape index (κ1) is 8.34. The number of isothiocyanates is 1. The van der Waals surface area contributed by atoms with Crippen molar-refractivity contribution in [1.82, 2.24) is 4.98 Å². The molecular formula is C7H5ClN2S. The van der Waals surface area contributed by atoms with Gasteiger partial charge in [-0.3, -0.25) is 4.98 Å². The first-order chi connectivity index (χ1) is 5.36. The SMILES string of the molecule is S=C=Nc1ccc(CCl)nc1. The number of hydrogen-bond donors (Lipinski definition) is 0. The summed E-state index contributed by atoms with van der Waals surface area (Å²) in [5.74, 6) is 0.418. The zero-order valence-corrected chi connectivity index (χ0v) is 7.19. The molecule has 0 bridgehead atoms. The third-order valence-electron chi connectivity index (χ3n) is 1.12. The van der Waals surface area contributed by atoms with Gasteiger partial charge >= 0.3 is 0 Å². The van der Waals surface area contributed by atoms with Gasteiger partial charge in [-0.1, -0.05) is 0 Å². The smallest absolute Gasteiger partial charge is 0.0922 e. The van der Waals surface area contributed by atoms with Crippen molar-refractivity contribution in [3.63, 3.8) is 0 Å². The summed E-state index contributed by atoms with van der Waals surface area (Å²) in [4.78, 5) is 7.75. The van der Waals surface area contributed by atoms with Crippen LogP contribution in [0.15, 0.2) is 23.3 Å². The maximum atomic E-state index is 5.53. The summed E-state index contributed by atoms with van der Waals surface area (Å²) in [7, 11) is 0. The predicted octanol–water partition coefficient (Wildman–Crippen LogP) is 2.55. The van der Waals surface area contributed by atoms with Gasteiger partial charge in [0.05, 0.1) is 28.6 Å². The molecule has 0 N–H and O–H groups in total. The van der Waals surface area contributed by atoms with Crippen molar-refractivity contribution in [2.75, 3.05) is 0 Å². The lowest BCUT2D eigenvalue weighted by Crippen LogP contribution is -1.81. The summed E-state index contributed by atoms with van der Waals surface area (Å²) in [5, 5.41) is 2.26. The second kappa shape index (κ2) is 4.19. The maximum Gasteiger partial charge on any atom is 0.0922 e. The Bertz CT molecular complexity index is 277. The molecule has 0 saturated carbocycles. The molecule has 1 aromatic heterocycles. The fraction of sp³-hybridized carbons (Fsp3) is 0.143. The Kier molecular flexibility index (Phi) is 3.17. The molecule has 0 spiro atoms. The molecule has 4 heteroatoms. The number of thiocarbonyl (C=S) groups is 1. The van der Waals surface area contributed by atoms with Crippen molar-refractivity contribution < 1.29 is 0 Å². The van der Waals surface area contributed by atoms with E-state index in [9.17, 15) is 0 Å². The Labute approximate surface area is 74.9 Å². The third kappa shape index (κ3) is 2.39. The standard InChI is InChI=1S/C7H5ClN2S/c8-3-6-1-2-7(4-9-6)10-5-11/h1-2,4H,3H2. The number of rotatable bonds is 2. The van der Waals surface area contributed by atoms with E-state index in [1.165, 1.54) is 0 Å². The molecule has 1 aromatic rings. The summed E-state index contributed by atoms with van der Waals surface area (Å²) in [6.45, 7) is 0. The Balaban J connectivity index is 2.91. The van der Waals surface area contributed by atoms with Crippen LogP contribution in [0.2, 0.25) is 0 Å². The molecule has 0 radical (unpaired) electrons.